The number of aromatic nitrogens is 2. The summed E-state index contributed by atoms with van der Waals surface area (Å²) in [6.45, 7) is 6.99. The van der Waals surface area contributed by atoms with Gasteiger partial charge in [0.05, 0.1) is 0 Å². The number of rotatable bonds is 11. The minimum atomic E-state index is -0.601. The topological polar surface area (TPSA) is 17.8 Å². The van der Waals surface area contributed by atoms with Crippen molar-refractivity contribution in [3.8, 4) is 0 Å². The third kappa shape index (κ3) is 6.19. The Bertz CT molecular complexity index is 338. The molecule has 2 radical (unpaired) electrons. The van der Waals surface area contributed by atoms with Crippen molar-refractivity contribution < 1.29 is 0 Å². The van der Waals surface area contributed by atoms with Crippen molar-refractivity contribution in [1.82, 2.24) is 9.55 Å². The zero-order valence-corrected chi connectivity index (χ0v) is 16.8. The first-order valence-electron chi connectivity index (χ1n) is 8.42. The van der Waals surface area contributed by atoms with Gasteiger partial charge >= 0.3 is 136 Å². The van der Waals surface area contributed by atoms with Crippen LogP contribution in [-0.4, -0.2) is 30.7 Å². The molecule has 0 spiro atoms. The normalized spacial score (nSPS) is 12.0. The van der Waals surface area contributed by atoms with Gasteiger partial charge in [0, 0.05) is 0 Å². The molecule has 114 valence electrons. The molecule has 2 nitrogen and oxygen atoms in total. The van der Waals surface area contributed by atoms with Crippen molar-refractivity contribution in [2.75, 3.05) is 0 Å². The van der Waals surface area contributed by atoms with Crippen molar-refractivity contribution in [3.63, 3.8) is 0 Å². The van der Waals surface area contributed by atoms with E-state index >= 15 is 0 Å². The fourth-order valence-electron chi connectivity index (χ4n) is 2.86. The molecule has 1 aromatic heterocycles. The minimum absolute atomic E-state index is 0.601. The number of unbranched alkanes of at least 4 members (excludes halogenated alkanes) is 3. The van der Waals surface area contributed by atoms with E-state index in [0.717, 1.165) is 0 Å². The van der Waals surface area contributed by atoms with Crippen LogP contribution in [0.25, 0.3) is 0 Å². The number of nitrogens with zero attached hydrogens (tertiary/aromatic N) is 2. The van der Waals surface area contributed by atoms with E-state index in [1.54, 1.807) is 0 Å². The Morgan fingerprint density at radius 1 is 1.00 bits per heavy atom. The summed E-state index contributed by atoms with van der Waals surface area (Å²) in [5, 5.41) is 0. The monoisotopic (exact) mass is 384 g/mol. The molecule has 0 saturated carbocycles. The second-order valence-electron chi connectivity index (χ2n) is 6.14. The summed E-state index contributed by atoms with van der Waals surface area (Å²) < 4.78 is 4.25. The van der Waals surface area contributed by atoms with Gasteiger partial charge in [-0.15, -0.1) is 0 Å². The number of imidazole rings is 1. The van der Waals surface area contributed by atoms with Crippen molar-refractivity contribution in [2.24, 2.45) is 7.05 Å². The Morgan fingerprint density at radius 2 is 1.50 bits per heavy atom. The van der Waals surface area contributed by atoms with Gasteiger partial charge in [-0.1, -0.05) is 0 Å². The Kier molecular flexibility index (Phi) is 8.90. The summed E-state index contributed by atoms with van der Waals surface area (Å²) in [7, 11) is 2.10. The summed E-state index contributed by atoms with van der Waals surface area (Å²) in [4.78, 5) is 4.66. The number of hydrogen-bond donors (Lipinski definition) is 0. The molecule has 0 N–H and O–H groups in total. The van der Waals surface area contributed by atoms with E-state index < -0.39 is 21.1 Å². The summed E-state index contributed by atoms with van der Waals surface area (Å²) >= 11 is -0.601. The fraction of sp³-hybridized carbons (Fsp3) is 0.824. The zero-order valence-electron chi connectivity index (χ0n) is 13.9. The molecule has 0 unspecified atom stereocenters. The SMILES string of the molecule is CCCC[C](CCCC)(CCCC)[Sn][c]1cn(C)cn1. The van der Waals surface area contributed by atoms with Crippen LogP contribution in [-0.2, 0) is 7.05 Å². The number of hydrogen-bond acceptors (Lipinski definition) is 1. The van der Waals surface area contributed by atoms with E-state index in [-0.39, 0.29) is 0 Å². The molecule has 1 heterocycles. The molecule has 0 aliphatic carbocycles. The maximum atomic E-state index is 4.66. The van der Waals surface area contributed by atoms with Gasteiger partial charge < -0.3 is 0 Å². The maximum absolute atomic E-state index is 4.66. The molecule has 3 heteroatoms. The molecule has 0 aromatic carbocycles. The average molecular weight is 383 g/mol. The summed E-state index contributed by atoms with van der Waals surface area (Å²) in [5.74, 6) is 0. The standard InChI is InChI=1S/C13H27.C4H5N2.Sn/c1-4-7-10-13(11-8-5-2)12-9-6-3;1-6-3-2-5-4-6;/h4-12H2,1-3H3;3-4H,1H3;. The third-order valence-electron chi connectivity index (χ3n) is 4.12. The van der Waals surface area contributed by atoms with Crippen molar-refractivity contribution >= 4 is 24.9 Å². The molecular weight excluding hydrogens is 351 g/mol. The first-order chi connectivity index (χ1) is 9.65. The van der Waals surface area contributed by atoms with Crippen LogP contribution in [0, 0.1) is 0 Å². The molecule has 0 bridgehead atoms. The predicted molar refractivity (Wildman–Crippen MR) is 89.9 cm³/mol. The van der Waals surface area contributed by atoms with E-state index in [9.17, 15) is 0 Å². The summed E-state index contributed by atoms with van der Waals surface area (Å²) in [6, 6.07) is 0. The van der Waals surface area contributed by atoms with Crippen LogP contribution >= 0.6 is 0 Å². The molecule has 1 rings (SSSR count). The van der Waals surface area contributed by atoms with Gasteiger partial charge in [0.2, 0.25) is 0 Å². The van der Waals surface area contributed by atoms with Crippen molar-refractivity contribution in [2.45, 2.75) is 82.0 Å². The van der Waals surface area contributed by atoms with Gasteiger partial charge in [0.15, 0.2) is 0 Å². The average Bonchev–Trinajstić information content (AvgIpc) is 2.85. The van der Waals surface area contributed by atoms with Gasteiger partial charge in [0.25, 0.3) is 0 Å². The van der Waals surface area contributed by atoms with Gasteiger partial charge in [-0.25, -0.2) is 0 Å². The Hall–Kier alpha value is 0.00870. The van der Waals surface area contributed by atoms with Crippen LogP contribution in [0.2, 0.25) is 3.43 Å². The van der Waals surface area contributed by atoms with Crippen LogP contribution in [0.5, 0.6) is 0 Å². The molecule has 0 aliphatic rings. The van der Waals surface area contributed by atoms with Gasteiger partial charge in [-0.3, -0.25) is 0 Å². The van der Waals surface area contributed by atoms with Crippen LogP contribution in [0.3, 0.4) is 0 Å². The van der Waals surface area contributed by atoms with Gasteiger partial charge in [0.1, 0.15) is 0 Å². The zero-order chi connectivity index (χ0) is 14.8. The first-order valence-corrected chi connectivity index (χ1v) is 11.3. The van der Waals surface area contributed by atoms with Crippen LogP contribution in [0.15, 0.2) is 12.5 Å². The van der Waals surface area contributed by atoms with Crippen LogP contribution in [0.4, 0.5) is 0 Å². The third-order valence-corrected chi connectivity index (χ3v) is 9.25. The molecule has 0 atom stereocenters. The predicted octanol–water partition coefficient (Wildman–Crippen LogP) is 4.48. The van der Waals surface area contributed by atoms with E-state index in [0.29, 0.717) is 3.43 Å². The quantitative estimate of drug-likeness (QED) is 0.516. The van der Waals surface area contributed by atoms with Crippen LogP contribution in [0.1, 0.15) is 78.6 Å². The van der Waals surface area contributed by atoms with Crippen molar-refractivity contribution in [1.29, 1.82) is 0 Å². The van der Waals surface area contributed by atoms with Crippen LogP contribution < -0.4 is 3.71 Å². The fourth-order valence-corrected chi connectivity index (χ4v) is 8.11. The Morgan fingerprint density at radius 3 is 1.85 bits per heavy atom. The van der Waals surface area contributed by atoms with E-state index in [4.69, 9.17) is 0 Å². The molecule has 20 heavy (non-hydrogen) atoms. The summed E-state index contributed by atoms with van der Waals surface area (Å²) in [6.07, 6.45) is 16.8. The molecule has 0 aliphatic heterocycles. The molecular formula is C17H32N2Sn. The molecule has 0 amide bonds. The Balaban J connectivity index is 2.80. The molecule has 1 aromatic rings. The van der Waals surface area contributed by atoms with Gasteiger partial charge in [-0.05, 0) is 0 Å². The second kappa shape index (κ2) is 9.86. The summed E-state index contributed by atoms with van der Waals surface area (Å²) in [5.41, 5.74) is 0. The molecule has 0 saturated heterocycles. The Labute approximate surface area is 136 Å². The first kappa shape index (κ1) is 18.1. The van der Waals surface area contributed by atoms with E-state index in [1.807, 2.05) is 6.33 Å². The second-order valence-corrected chi connectivity index (χ2v) is 11.3. The number of aryl methyl sites for hydroxylation is 1. The van der Waals surface area contributed by atoms with E-state index in [2.05, 4.69) is 43.6 Å². The van der Waals surface area contributed by atoms with E-state index in [1.165, 1.54) is 61.5 Å². The molecule has 0 fully saturated rings. The van der Waals surface area contributed by atoms with Crippen molar-refractivity contribution in [3.05, 3.63) is 12.5 Å². The van der Waals surface area contributed by atoms with Gasteiger partial charge in [-0.2, -0.15) is 0 Å².